The highest BCUT2D eigenvalue weighted by atomic mass is 16.5. The number of carbonyl (C=O) groups excluding carboxylic acids is 2. The van der Waals surface area contributed by atoms with E-state index in [1.165, 1.54) is 24.2 Å². The van der Waals surface area contributed by atoms with Crippen molar-refractivity contribution in [1.82, 2.24) is 29.2 Å². The van der Waals surface area contributed by atoms with Gasteiger partial charge >= 0.3 is 6.09 Å². The van der Waals surface area contributed by atoms with Crippen molar-refractivity contribution < 1.29 is 24.2 Å². The molecule has 1 aromatic carbocycles. The van der Waals surface area contributed by atoms with Crippen LogP contribution in [-0.4, -0.2) is 104 Å². The molecule has 13 heteroatoms. The number of H-pyrrole nitrogens is 1. The molecule has 0 bridgehead atoms. The maximum atomic E-state index is 13.6. The van der Waals surface area contributed by atoms with Crippen LogP contribution < -0.4 is 10.4 Å². The second-order valence-corrected chi connectivity index (χ2v) is 12.8. The van der Waals surface area contributed by atoms with Crippen molar-refractivity contribution in [1.29, 1.82) is 5.26 Å². The molecule has 2 N–H and O–H groups in total. The van der Waals surface area contributed by atoms with Crippen molar-refractivity contribution in [2.75, 3.05) is 45.9 Å². The number of benzene rings is 1. The molecule has 2 aliphatic heterocycles. The van der Waals surface area contributed by atoms with Crippen molar-refractivity contribution in [2.24, 2.45) is 10.9 Å². The molecule has 6 rings (SSSR count). The summed E-state index contributed by atoms with van der Waals surface area (Å²) in [6.45, 7) is 6.49. The highest BCUT2D eigenvalue weighted by Crippen LogP contribution is 2.35. The Labute approximate surface area is 273 Å². The van der Waals surface area contributed by atoms with Crippen LogP contribution in [0.4, 0.5) is 4.79 Å². The summed E-state index contributed by atoms with van der Waals surface area (Å²) in [5, 5.41) is 18.5. The Morgan fingerprint density at radius 2 is 1.81 bits per heavy atom. The van der Waals surface area contributed by atoms with Crippen molar-refractivity contribution in [2.45, 2.75) is 64.0 Å². The summed E-state index contributed by atoms with van der Waals surface area (Å²) in [6.07, 6.45) is 7.22. The van der Waals surface area contributed by atoms with Gasteiger partial charge in [0.1, 0.15) is 6.61 Å². The number of nitrogens with zero attached hydrogens (tertiary/aromatic N) is 7. The lowest BCUT2D eigenvalue weighted by Crippen LogP contribution is -2.56. The quantitative estimate of drug-likeness (QED) is 0.394. The number of fused-ring (bicyclic) bond motifs is 1. The number of likely N-dealkylation sites (tertiary alicyclic amines) is 1. The van der Waals surface area contributed by atoms with E-state index in [0.29, 0.717) is 74.5 Å². The van der Waals surface area contributed by atoms with Crippen LogP contribution >= 0.6 is 0 Å². The minimum atomic E-state index is -0.954. The maximum absolute atomic E-state index is 13.6. The van der Waals surface area contributed by atoms with Gasteiger partial charge in [0.05, 0.1) is 28.9 Å². The zero-order chi connectivity index (χ0) is 32.9. The zero-order valence-corrected chi connectivity index (χ0v) is 26.8. The average molecular weight is 643 g/mol. The third-order valence-corrected chi connectivity index (χ3v) is 9.76. The fourth-order valence-electron chi connectivity index (χ4n) is 7.13. The number of carbonyl (C=O) groups is 3. The molecule has 47 heavy (non-hydrogen) atoms. The molecule has 4 heterocycles. The highest BCUT2D eigenvalue weighted by Gasteiger charge is 2.36. The largest absolute Gasteiger partial charge is 0.476 e. The number of imidazole rings is 1. The molecule has 1 unspecified atom stereocenters. The number of nitrogens with one attached hydrogen (secondary N) is 1. The molecule has 3 aliphatic rings. The molecular formula is C34H42N8O5. The minimum Gasteiger partial charge on any atom is -0.476 e. The van der Waals surface area contributed by atoms with Crippen LogP contribution in [0, 0.1) is 17.2 Å². The van der Waals surface area contributed by atoms with Crippen molar-refractivity contribution in [3.05, 3.63) is 53.3 Å². The number of aromatic amines is 1. The highest BCUT2D eigenvalue weighted by molar-refractivity contribution is 5.95. The Balaban J connectivity index is 1.23. The summed E-state index contributed by atoms with van der Waals surface area (Å²) < 4.78 is 8.14. The van der Waals surface area contributed by atoms with Crippen LogP contribution in [0.3, 0.4) is 0 Å². The second kappa shape index (κ2) is 14.4. The molecule has 0 spiro atoms. The fraction of sp³-hybridized carbons (Fsp3) is 0.529. The minimum absolute atomic E-state index is 0.0230. The van der Waals surface area contributed by atoms with Gasteiger partial charge in [-0.2, -0.15) is 10.3 Å². The molecule has 1 atom stereocenters. The zero-order valence-electron chi connectivity index (χ0n) is 26.8. The predicted octanol–water partition coefficient (Wildman–Crippen LogP) is 3.78. The molecule has 248 valence electrons. The van der Waals surface area contributed by atoms with Crippen LogP contribution in [0.15, 0.2) is 41.5 Å². The van der Waals surface area contributed by atoms with E-state index in [1.807, 2.05) is 22.5 Å². The maximum Gasteiger partial charge on any atom is 0.407 e. The first kappa shape index (κ1) is 32.2. The molecule has 0 radical (unpaired) electrons. The number of hydrogen-bond donors (Lipinski definition) is 2. The van der Waals surface area contributed by atoms with Gasteiger partial charge in [-0.3, -0.25) is 14.5 Å². The van der Waals surface area contributed by atoms with Crippen LogP contribution in [0.1, 0.15) is 73.8 Å². The number of nitriles is 1. The second-order valence-electron chi connectivity index (χ2n) is 12.8. The summed E-state index contributed by atoms with van der Waals surface area (Å²) in [7, 11) is 0. The molecular weight excluding hydrogens is 600 g/mol. The summed E-state index contributed by atoms with van der Waals surface area (Å²) in [6, 6.07) is 10.2. The number of piperazine rings is 1. The number of aromatic nitrogens is 3. The van der Waals surface area contributed by atoms with E-state index in [-0.39, 0.29) is 23.9 Å². The van der Waals surface area contributed by atoms with Crippen molar-refractivity contribution in [3.63, 3.8) is 0 Å². The average Bonchev–Trinajstić information content (AvgIpc) is 3.45. The normalized spacial score (nSPS) is 22.6. The molecule has 1 aliphatic carbocycles. The number of pyridine rings is 1. The first-order chi connectivity index (χ1) is 22.8. The Morgan fingerprint density at radius 1 is 1.06 bits per heavy atom. The van der Waals surface area contributed by atoms with E-state index >= 15 is 0 Å². The van der Waals surface area contributed by atoms with Crippen LogP contribution in [0.2, 0.25) is 0 Å². The molecule has 13 nitrogen and oxygen atoms in total. The van der Waals surface area contributed by atoms with E-state index in [0.717, 1.165) is 30.7 Å². The van der Waals surface area contributed by atoms with Gasteiger partial charge in [0.2, 0.25) is 17.4 Å². The number of carboxylic acid groups (broad SMARTS) is 1. The Kier molecular flexibility index (Phi) is 9.87. The van der Waals surface area contributed by atoms with Crippen molar-refractivity contribution in [3.8, 4) is 11.9 Å². The van der Waals surface area contributed by atoms with Gasteiger partial charge in [0.15, 0.2) is 0 Å². The Bertz CT molecular complexity index is 1710. The molecule has 3 aromatic rings. The van der Waals surface area contributed by atoms with Crippen molar-refractivity contribution >= 4 is 28.9 Å². The molecule has 2 saturated heterocycles. The standard InChI is InChI=1S/C34H42N8O5/c1-23-22-40(34(45)46)15-16-41(23)32(44)26-9-11-27(12-10-26)42-29-19-30(47-18-17-39-13-3-2-4-14-39)36-21-28(29)37-33(42)38-31(43)25-7-5-24(20-35)6-8-25/h5-8,19,21,23,26-27H,2-4,9-18,22H2,1H3,(H,45,46)(H,37,38,43)/t23?,26-,27+. The number of rotatable bonds is 7. The summed E-state index contributed by atoms with van der Waals surface area (Å²) in [4.78, 5) is 56.2. The summed E-state index contributed by atoms with van der Waals surface area (Å²) >= 11 is 0. The van der Waals surface area contributed by atoms with Gasteiger partial charge in [-0.1, -0.05) is 6.42 Å². The number of ether oxygens (including phenoxy) is 1. The Morgan fingerprint density at radius 3 is 2.49 bits per heavy atom. The van der Waals surface area contributed by atoms with E-state index in [9.17, 15) is 19.5 Å². The van der Waals surface area contributed by atoms with Gasteiger partial charge in [0, 0.05) is 55.8 Å². The van der Waals surface area contributed by atoms with Gasteiger partial charge in [-0.15, -0.1) is 0 Å². The van der Waals surface area contributed by atoms with Gasteiger partial charge in [0.25, 0.3) is 5.91 Å². The third-order valence-electron chi connectivity index (χ3n) is 9.76. The number of hydrogen-bond acceptors (Lipinski definition) is 7. The number of amides is 3. The fourth-order valence-corrected chi connectivity index (χ4v) is 7.13. The molecule has 3 fully saturated rings. The first-order valence-corrected chi connectivity index (χ1v) is 16.6. The lowest BCUT2D eigenvalue weighted by Gasteiger charge is -2.41. The third kappa shape index (κ3) is 7.33. The van der Waals surface area contributed by atoms with Crippen LogP contribution in [-0.2, 0) is 4.79 Å². The SMILES string of the molecule is CC1CN(C(=O)O)CCN1C(=O)[C@H]1CC[C@@H](n2/c(=N/C(=O)c3ccc(C#N)cc3)[nH]c3cnc(OCCN4CCCCC4)cc32)CC1. The van der Waals surface area contributed by atoms with Gasteiger partial charge in [-0.05, 0) is 82.8 Å². The Hall–Kier alpha value is -4.70. The predicted molar refractivity (Wildman–Crippen MR) is 173 cm³/mol. The van der Waals surface area contributed by atoms with E-state index in [1.54, 1.807) is 30.5 Å². The van der Waals surface area contributed by atoms with E-state index in [2.05, 4.69) is 25.9 Å². The van der Waals surface area contributed by atoms with Crippen LogP contribution in [0.25, 0.3) is 11.0 Å². The van der Waals surface area contributed by atoms with Crippen LogP contribution in [0.5, 0.6) is 5.88 Å². The molecule has 1 saturated carbocycles. The first-order valence-electron chi connectivity index (χ1n) is 16.6. The lowest BCUT2D eigenvalue weighted by atomic mass is 9.84. The van der Waals surface area contributed by atoms with E-state index < -0.39 is 12.0 Å². The lowest BCUT2D eigenvalue weighted by molar-refractivity contribution is -0.141. The summed E-state index contributed by atoms with van der Waals surface area (Å²) in [5.74, 6) is 0.0102. The smallest absolute Gasteiger partial charge is 0.407 e. The van der Waals surface area contributed by atoms with Gasteiger partial charge < -0.3 is 29.2 Å². The number of piperidine rings is 1. The monoisotopic (exact) mass is 642 g/mol. The molecule has 2 aromatic heterocycles. The van der Waals surface area contributed by atoms with Gasteiger partial charge in [-0.25, -0.2) is 9.78 Å². The van der Waals surface area contributed by atoms with E-state index in [4.69, 9.17) is 10.00 Å². The topological polar surface area (TPSA) is 160 Å². The molecule has 3 amide bonds. The summed E-state index contributed by atoms with van der Waals surface area (Å²) in [5.41, 5.74) is 2.79.